The largest absolute Gasteiger partial charge is 0.496 e. The van der Waals surface area contributed by atoms with Crippen LogP contribution in [-0.4, -0.2) is 16.1 Å². The van der Waals surface area contributed by atoms with E-state index in [2.05, 4.69) is 88.2 Å². The number of aryl methyl sites for hydroxylation is 1. The van der Waals surface area contributed by atoms with Gasteiger partial charge in [-0.15, -0.1) is 0 Å². The lowest BCUT2D eigenvalue weighted by Crippen LogP contribution is -2.29. The lowest BCUT2D eigenvalue weighted by Gasteiger charge is -2.09. The van der Waals surface area contributed by atoms with Gasteiger partial charge in [-0.05, 0) is 43.3 Å². The number of hydrogen-bond donors (Lipinski definition) is 0. The van der Waals surface area contributed by atoms with Gasteiger partial charge in [0.2, 0.25) is 0 Å². The van der Waals surface area contributed by atoms with Crippen LogP contribution < -0.4 is 9.30 Å². The molecule has 0 unspecified atom stereocenters. The zero-order valence-electron chi connectivity index (χ0n) is 15.1. The summed E-state index contributed by atoms with van der Waals surface area (Å²) in [4.78, 5) is 0. The quantitative estimate of drug-likeness (QED) is 0.441. The molecule has 5 rings (SSSR count). The minimum Gasteiger partial charge on any atom is -0.496 e. The second-order valence-corrected chi connectivity index (χ2v) is 6.61. The molecule has 0 fully saturated rings. The molecule has 0 N–H and O–H groups in total. The van der Waals surface area contributed by atoms with Crippen molar-refractivity contribution in [3.05, 3.63) is 72.3 Å². The van der Waals surface area contributed by atoms with Crippen LogP contribution in [0.4, 0.5) is 0 Å². The Hall–Kier alpha value is -3.27. The highest BCUT2D eigenvalue weighted by atomic mass is 16.5. The number of benzene rings is 3. The fourth-order valence-corrected chi connectivity index (χ4v) is 4.04. The molecule has 5 aromatic rings. The number of para-hydroxylation sites is 4. The predicted molar refractivity (Wildman–Crippen MR) is 104 cm³/mol. The van der Waals surface area contributed by atoms with E-state index in [1.54, 1.807) is 7.11 Å². The van der Waals surface area contributed by atoms with E-state index in [1.165, 1.54) is 22.1 Å². The van der Waals surface area contributed by atoms with E-state index < -0.39 is 0 Å². The fourth-order valence-electron chi connectivity index (χ4n) is 4.04. The maximum absolute atomic E-state index is 5.57. The first kappa shape index (κ1) is 15.0. The summed E-state index contributed by atoms with van der Waals surface area (Å²) in [6.07, 6.45) is 0. The van der Waals surface area contributed by atoms with Crippen molar-refractivity contribution >= 4 is 27.8 Å². The highest BCUT2D eigenvalue weighted by molar-refractivity contribution is 5.89. The second-order valence-electron chi connectivity index (χ2n) is 6.61. The Morgan fingerprint density at radius 2 is 1.50 bits per heavy atom. The maximum Gasteiger partial charge on any atom is 0.375 e. The van der Waals surface area contributed by atoms with Gasteiger partial charge in [0.05, 0.1) is 14.2 Å². The molecule has 0 bridgehead atoms. The average Bonchev–Trinajstić information content (AvgIpc) is 3.16. The van der Waals surface area contributed by atoms with Gasteiger partial charge in [-0.25, -0.2) is 4.57 Å². The number of rotatable bonds is 2. The van der Waals surface area contributed by atoms with Crippen molar-refractivity contribution in [2.24, 2.45) is 7.05 Å². The Morgan fingerprint density at radius 3 is 2.27 bits per heavy atom. The van der Waals surface area contributed by atoms with Crippen molar-refractivity contribution < 1.29 is 9.30 Å². The molecule has 2 heterocycles. The van der Waals surface area contributed by atoms with Crippen LogP contribution in [0.2, 0.25) is 0 Å². The molecule has 0 amide bonds. The number of aromatic nitrogens is 3. The van der Waals surface area contributed by atoms with Crippen LogP contribution >= 0.6 is 0 Å². The summed E-state index contributed by atoms with van der Waals surface area (Å²) in [5, 5.41) is 0. The molecule has 0 atom stereocenters. The Morgan fingerprint density at radius 1 is 0.808 bits per heavy atom. The molecule has 26 heavy (non-hydrogen) atoms. The summed E-state index contributed by atoms with van der Waals surface area (Å²) in [6.45, 7) is 2.11. The van der Waals surface area contributed by atoms with E-state index >= 15 is 0 Å². The molecule has 0 radical (unpaired) electrons. The van der Waals surface area contributed by atoms with Crippen LogP contribution in [0.15, 0.2) is 66.7 Å². The molecule has 0 aliphatic heterocycles. The van der Waals surface area contributed by atoms with E-state index in [4.69, 9.17) is 4.74 Å². The van der Waals surface area contributed by atoms with Gasteiger partial charge in [-0.1, -0.05) is 30.3 Å². The van der Waals surface area contributed by atoms with E-state index in [-0.39, 0.29) is 0 Å². The molecular formula is C22H20N3O+. The fraction of sp³-hybridized carbons (Fsp3) is 0.136. The molecule has 0 aliphatic carbocycles. The Kier molecular flexibility index (Phi) is 3.10. The van der Waals surface area contributed by atoms with Crippen LogP contribution in [0.3, 0.4) is 0 Å². The summed E-state index contributed by atoms with van der Waals surface area (Å²) < 4.78 is 12.5. The summed E-state index contributed by atoms with van der Waals surface area (Å²) >= 11 is 0. The van der Waals surface area contributed by atoms with Gasteiger partial charge in [0.25, 0.3) is 0 Å². The second kappa shape index (κ2) is 5.36. The zero-order valence-corrected chi connectivity index (χ0v) is 15.1. The Bertz CT molecular complexity index is 1290. The van der Waals surface area contributed by atoms with Gasteiger partial charge in [0.15, 0.2) is 0 Å². The number of hydrogen-bond acceptors (Lipinski definition) is 1. The van der Waals surface area contributed by atoms with Crippen LogP contribution in [0, 0.1) is 6.92 Å². The molecule has 0 spiro atoms. The van der Waals surface area contributed by atoms with Gasteiger partial charge in [-0.2, -0.15) is 8.97 Å². The lowest BCUT2D eigenvalue weighted by molar-refractivity contribution is -0.620. The first-order valence-corrected chi connectivity index (χ1v) is 8.75. The minimum atomic E-state index is 0.900. The van der Waals surface area contributed by atoms with Crippen molar-refractivity contribution in [1.29, 1.82) is 0 Å². The number of methoxy groups -OCH3 is 1. The molecule has 0 aliphatic rings. The van der Waals surface area contributed by atoms with Gasteiger partial charge in [0.1, 0.15) is 33.5 Å². The van der Waals surface area contributed by atoms with E-state index in [1.807, 2.05) is 6.07 Å². The lowest BCUT2D eigenvalue weighted by atomic mass is 10.1. The zero-order chi connectivity index (χ0) is 17.8. The van der Waals surface area contributed by atoms with Gasteiger partial charge in [0, 0.05) is 5.56 Å². The molecule has 0 saturated heterocycles. The number of fused-ring (bicyclic) bond motifs is 5. The standard InChI is InChI=1S/C22H20N3O/c1-15-16(13-8-14-21(15)26-3)24-19-11-6-7-12-20(19)25-18-10-5-4-9-17(18)23(2)22(24)25/h4-14H,1-3H3/q+1. The van der Waals surface area contributed by atoms with Crippen molar-refractivity contribution in [1.82, 2.24) is 8.97 Å². The van der Waals surface area contributed by atoms with Gasteiger partial charge >= 0.3 is 5.78 Å². The van der Waals surface area contributed by atoms with Gasteiger partial charge in [-0.3, -0.25) is 0 Å². The van der Waals surface area contributed by atoms with Crippen molar-refractivity contribution in [2.45, 2.75) is 6.92 Å². The third-order valence-electron chi connectivity index (χ3n) is 5.26. The van der Waals surface area contributed by atoms with E-state index in [9.17, 15) is 0 Å². The summed E-state index contributed by atoms with van der Waals surface area (Å²) in [7, 11) is 3.85. The van der Waals surface area contributed by atoms with Crippen molar-refractivity contribution in [3.8, 4) is 11.4 Å². The molecule has 128 valence electrons. The average molecular weight is 342 g/mol. The monoisotopic (exact) mass is 342 g/mol. The molecule has 3 aromatic carbocycles. The molecule has 4 heteroatoms. The molecule has 4 nitrogen and oxygen atoms in total. The Labute approximate surface area is 151 Å². The topological polar surface area (TPSA) is 22.4 Å². The predicted octanol–water partition coefficient (Wildman–Crippen LogP) is 4.18. The smallest absolute Gasteiger partial charge is 0.375 e. The summed E-state index contributed by atoms with van der Waals surface area (Å²) in [5.74, 6) is 2.03. The SMILES string of the molecule is COc1cccc(-n2c3ccccc3n3c4ccccc4[n+](C)c23)c1C. The van der Waals surface area contributed by atoms with Crippen molar-refractivity contribution in [3.63, 3.8) is 0 Å². The summed E-state index contributed by atoms with van der Waals surface area (Å²) in [5.41, 5.74) is 7.06. The number of imidazole rings is 2. The highest BCUT2D eigenvalue weighted by Gasteiger charge is 2.27. The van der Waals surface area contributed by atoms with Crippen molar-refractivity contribution in [2.75, 3.05) is 7.11 Å². The first-order chi connectivity index (χ1) is 12.7. The normalized spacial score (nSPS) is 11.7. The molecule has 0 saturated carbocycles. The first-order valence-electron chi connectivity index (χ1n) is 8.75. The van der Waals surface area contributed by atoms with Gasteiger partial charge < -0.3 is 4.74 Å². The van der Waals surface area contributed by atoms with Crippen LogP contribution in [0.5, 0.6) is 5.75 Å². The highest BCUT2D eigenvalue weighted by Crippen LogP contribution is 2.31. The third-order valence-corrected chi connectivity index (χ3v) is 5.26. The van der Waals surface area contributed by atoms with E-state index in [0.29, 0.717) is 0 Å². The van der Waals surface area contributed by atoms with Crippen LogP contribution in [-0.2, 0) is 7.05 Å². The Balaban J connectivity index is 2.05. The molecule has 2 aromatic heterocycles. The third kappa shape index (κ3) is 1.81. The summed E-state index contributed by atoms with van der Waals surface area (Å²) in [6, 6.07) is 23.3. The number of nitrogens with zero attached hydrogens (tertiary/aromatic N) is 3. The van der Waals surface area contributed by atoms with Crippen LogP contribution in [0.1, 0.15) is 5.56 Å². The maximum atomic E-state index is 5.57. The number of ether oxygens (including phenoxy) is 1. The molecular weight excluding hydrogens is 322 g/mol. The van der Waals surface area contributed by atoms with E-state index in [0.717, 1.165) is 22.8 Å². The van der Waals surface area contributed by atoms with Crippen LogP contribution in [0.25, 0.3) is 33.5 Å². The minimum absolute atomic E-state index is 0.900.